The summed E-state index contributed by atoms with van der Waals surface area (Å²) in [5, 5.41) is 3.10. The Labute approximate surface area is 90.2 Å². The van der Waals surface area contributed by atoms with E-state index in [1.165, 1.54) is 0 Å². The molecule has 0 amide bonds. The number of rotatable bonds is 7. The minimum absolute atomic E-state index is 0.643. The first-order valence-electron chi connectivity index (χ1n) is 4.97. The van der Waals surface area contributed by atoms with Gasteiger partial charge < -0.3 is 15.8 Å². The van der Waals surface area contributed by atoms with E-state index in [9.17, 15) is 0 Å². The van der Waals surface area contributed by atoms with E-state index in [2.05, 4.69) is 16.9 Å². The van der Waals surface area contributed by atoms with Crippen molar-refractivity contribution in [2.45, 2.75) is 6.42 Å². The molecule has 0 aromatic carbocycles. The van der Waals surface area contributed by atoms with Gasteiger partial charge in [-0.25, -0.2) is 4.98 Å². The Balaban J connectivity index is 2.15. The number of hydrogen-bond donors (Lipinski definition) is 2. The van der Waals surface area contributed by atoms with Crippen molar-refractivity contribution in [3.05, 3.63) is 31.0 Å². The van der Waals surface area contributed by atoms with Crippen LogP contribution in [0, 0.1) is 0 Å². The van der Waals surface area contributed by atoms with Gasteiger partial charge in [-0.1, -0.05) is 6.08 Å². The fourth-order valence-electron chi connectivity index (χ4n) is 1.08. The Bertz CT molecular complexity index is 302. The highest BCUT2D eigenvalue weighted by Gasteiger charge is 1.96. The molecule has 4 nitrogen and oxygen atoms in total. The molecule has 0 aliphatic carbocycles. The number of nitrogens with one attached hydrogen (secondary N) is 1. The van der Waals surface area contributed by atoms with E-state index in [0.29, 0.717) is 31.3 Å². The molecule has 4 heteroatoms. The van der Waals surface area contributed by atoms with Crippen molar-refractivity contribution in [1.82, 2.24) is 4.98 Å². The van der Waals surface area contributed by atoms with Gasteiger partial charge in [-0.05, 0) is 18.6 Å². The first kappa shape index (κ1) is 11.5. The number of aromatic nitrogens is 1. The second kappa shape index (κ2) is 6.84. The normalized spacial score (nSPS) is 9.87. The van der Waals surface area contributed by atoms with Crippen LogP contribution >= 0.6 is 0 Å². The lowest BCUT2D eigenvalue weighted by atomic mass is 10.4. The summed E-state index contributed by atoms with van der Waals surface area (Å²) in [4.78, 5) is 4.10. The van der Waals surface area contributed by atoms with Crippen LogP contribution in [0.3, 0.4) is 0 Å². The van der Waals surface area contributed by atoms with Crippen LogP contribution in [-0.4, -0.2) is 24.7 Å². The van der Waals surface area contributed by atoms with Crippen molar-refractivity contribution in [1.29, 1.82) is 0 Å². The second-order valence-electron chi connectivity index (χ2n) is 3.06. The van der Waals surface area contributed by atoms with E-state index in [-0.39, 0.29) is 0 Å². The molecule has 0 aliphatic rings. The number of nitrogens with zero attached hydrogens (tertiary/aromatic N) is 1. The Morgan fingerprint density at radius 3 is 3.13 bits per heavy atom. The van der Waals surface area contributed by atoms with Gasteiger partial charge in [0.15, 0.2) is 0 Å². The molecule has 82 valence electrons. The molecular weight excluding hydrogens is 190 g/mol. The average molecular weight is 207 g/mol. The molecule has 0 saturated heterocycles. The van der Waals surface area contributed by atoms with Crippen molar-refractivity contribution in [3.63, 3.8) is 0 Å². The molecule has 1 rings (SSSR count). The maximum Gasteiger partial charge on any atom is 0.149 e. The lowest BCUT2D eigenvalue weighted by Crippen LogP contribution is -2.11. The third-order valence-electron chi connectivity index (χ3n) is 1.84. The summed E-state index contributed by atoms with van der Waals surface area (Å²) in [6.07, 6.45) is 4.42. The van der Waals surface area contributed by atoms with Crippen molar-refractivity contribution in [2.75, 3.05) is 30.8 Å². The lowest BCUT2D eigenvalue weighted by molar-refractivity contribution is 0.149. The number of pyridine rings is 1. The Morgan fingerprint density at radius 1 is 1.53 bits per heavy atom. The van der Waals surface area contributed by atoms with Gasteiger partial charge in [0.05, 0.1) is 18.9 Å². The molecule has 0 aliphatic heterocycles. The van der Waals surface area contributed by atoms with E-state index in [4.69, 9.17) is 10.5 Å². The van der Waals surface area contributed by atoms with Crippen molar-refractivity contribution < 1.29 is 4.74 Å². The van der Waals surface area contributed by atoms with Crippen LogP contribution in [0.15, 0.2) is 31.0 Å². The summed E-state index contributed by atoms with van der Waals surface area (Å²) in [6, 6.07) is 3.62. The number of ether oxygens (including phenoxy) is 1. The van der Waals surface area contributed by atoms with E-state index in [0.717, 1.165) is 6.42 Å². The van der Waals surface area contributed by atoms with Crippen LogP contribution in [0.25, 0.3) is 0 Å². The summed E-state index contributed by atoms with van der Waals surface area (Å²) in [7, 11) is 0. The van der Waals surface area contributed by atoms with Gasteiger partial charge in [0.1, 0.15) is 5.82 Å². The summed E-state index contributed by atoms with van der Waals surface area (Å²) in [5.41, 5.74) is 6.36. The van der Waals surface area contributed by atoms with E-state index in [1.54, 1.807) is 12.3 Å². The number of hydrogen-bond acceptors (Lipinski definition) is 4. The standard InChI is InChI=1S/C11H17N3O/c1-2-3-8-15-9-7-14-11-10(12)5-4-6-13-11/h2,4-6H,1,3,7-9,12H2,(H,13,14). The largest absolute Gasteiger partial charge is 0.396 e. The number of anilines is 2. The first-order chi connectivity index (χ1) is 7.34. The maximum absolute atomic E-state index is 5.70. The Kier molecular flexibility index (Phi) is 5.25. The minimum Gasteiger partial charge on any atom is -0.396 e. The van der Waals surface area contributed by atoms with Crippen molar-refractivity contribution in [2.24, 2.45) is 0 Å². The monoisotopic (exact) mass is 207 g/mol. The maximum atomic E-state index is 5.70. The highest BCUT2D eigenvalue weighted by Crippen LogP contribution is 2.11. The zero-order valence-electron chi connectivity index (χ0n) is 8.78. The van der Waals surface area contributed by atoms with Gasteiger partial charge in [-0.3, -0.25) is 0 Å². The van der Waals surface area contributed by atoms with Gasteiger partial charge in [-0.2, -0.15) is 0 Å². The van der Waals surface area contributed by atoms with Gasteiger partial charge >= 0.3 is 0 Å². The quantitative estimate of drug-likeness (QED) is 0.527. The predicted octanol–water partition coefficient (Wildman–Crippen LogP) is 1.67. The topological polar surface area (TPSA) is 60.2 Å². The average Bonchev–Trinajstić information content (AvgIpc) is 2.25. The van der Waals surface area contributed by atoms with Crippen molar-refractivity contribution >= 4 is 11.5 Å². The fourth-order valence-corrected chi connectivity index (χ4v) is 1.08. The Morgan fingerprint density at radius 2 is 2.40 bits per heavy atom. The summed E-state index contributed by atoms with van der Waals surface area (Å²) in [5.74, 6) is 0.713. The SMILES string of the molecule is C=CCCOCCNc1ncccc1N. The van der Waals surface area contributed by atoms with Gasteiger partial charge in [0.2, 0.25) is 0 Å². The highest BCUT2D eigenvalue weighted by molar-refractivity contribution is 5.60. The third-order valence-corrected chi connectivity index (χ3v) is 1.84. The fraction of sp³-hybridized carbons (Fsp3) is 0.364. The summed E-state index contributed by atoms with van der Waals surface area (Å²) < 4.78 is 5.33. The molecule has 0 unspecified atom stereocenters. The molecule has 0 radical (unpaired) electrons. The van der Waals surface area contributed by atoms with Gasteiger partial charge in [0.25, 0.3) is 0 Å². The zero-order chi connectivity index (χ0) is 10.9. The molecule has 15 heavy (non-hydrogen) atoms. The molecular formula is C11H17N3O. The van der Waals surface area contributed by atoms with Crippen molar-refractivity contribution in [3.8, 4) is 0 Å². The van der Waals surface area contributed by atoms with E-state index in [1.807, 2.05) is 12.1 Å². The van der Waals surface area contributed by atoms with Crippen LogP contribution in [0.5, 0.6) is 0 Å². The zero-order valence-corrected chi connectivity index (χ0v) is 8.78. The Hall–Kier alpha value is -1.55. The second-order valence-corrected chi connectivity index (χ2v) is 3.06. The molecule has 0 saturated carbocycles. The first-order valence-corrected chi connectivity index (χ1v) is 4.97. The summed E-state index contributed by atoms with van der Waals surface area (Å²) in [6.45, 7) is 5.68. The van der Waals surface area contributed by atoms with E-state index < -0.39 is 0 Å². The number of nitrogens with two attached hydrogens (primary N) is 1. The van der Waals surface area contributed by atoms with Crippen LogP contribution in [0.4, 0.5) is 11.5 Å². The molecule has 0 bridgehead atoms. The molecule has 1 aromatic rings. The molecule has 0 spiro atoms. The highest BCUT2D eigenvalue weighted by atomic mass is 16.5. The van der Waals surface area contributed by atoms with Gasteiger partial charge in [-0.15, -0.1) is 6.58 Å². The molecule has 0 fully saturated rings. The number of nitrogen functional groups attached to an aromatic ring is 1. The van der Waals surface area contributed by atoms with Gasteiger partial charge in [0, 0.05) is 12.7 Å². The van der Waals surface area contributed by atoms with Crippen LogP contribution in [0.1, 0.15) is 6.42 Å². The molecule has 1 heterocycles. The third kappa shape index (κ3) is 4.46. The summed E-state index contributed by atoms with van der Waals surface area (Å²) >= 11 is 0. The molecule has 1 aromatic heterocycles. The lowest BCUT2D eigenvalue weighted by Gasteiger charge is -2.07. The van der Waals surface area contributed by atoms with E-state index >= 15 is 0 Å². The predicted molar refractivity (Wildman–Crippen MR) is 62.8 cm³/mol. The molecule has 3 N–H and O–H groups in total. The van der Waals surface area contributed by atoms with Crippen LogP contribution in [-0.2, 0) is 4.74 Å². The van der Waals surface area contributed by atoms with Crippen LogP contribution < -0.4 is 11.1 Å². The molecule has 0 atom stereocenters. The minimum atomic E-state index is 0.643. The van der Waals surface area contributed by atoms with Crippen LogP contribution in [0.2, 0.25) is 0 Å². The smallest absolute Gasteiger partial charge is 0.149 e.